The number of hydrogen-bond acceptors (Lipinski definition) is 3. The Kier molecular flexibility index (Phi) is 3.53. The minimum Gasteiger partial charge on any atom is -0.305 e. The highest BCUT2D eigenvalue weighted by molar-refractivity contribution is 6.29. The van der Waals surface area contributed by atoms with Crippen molar-refractivity contribution in [1.29, 1.82) is 0 Å². The van der Waals surface area contributed by atoms with Crippen LogP contribution in [-0.2, 0) is 0 Å². The second-order valence-electron chi connectivity index (χ2n) is 3.66. The molecule has 0 aliphatic rings. The summed E-state index contributed by atoms with van der Waals surface area (Å²) in [7, 11) is 0. The zero-order valence-electron chi connectivity index (χ0n) is 9.45. The molecule has 2 aromatic rings. The molecule has 0 saturated heterocycles. The van der Waals surface area contributed by atoms with Gasteiger partial charge in [0, 0.05) is 0 Å². The summed E-state index contributed by atoms with van der Waals surface area (Å²) in [4.78, 5) is 19.4. The van der Waals surface area contributed by atoms with Gasteiger partial charge in [0.15, 0.2) is 5.82 Å². The van der Waals surface area contributed by atoms with Crippen LogP contribution in [0.1, 0.15) is 15.9 Å². The van der Waals surface area contributed by atoms with Crippen LogP contribution in [0.5, 0.6) is 0 Å². The van der Waals surface area contributed by atoms with Crippen molar-refractivity contribution in [2.45, 2.75) is 6.92 Å². The largest absolute Gasteiger partial charge is 0.305 e. The highest BCUT2D eigenvalue weighted by Gasteiger charge is 2.12. The number of amides is 1. The first-order valence-electron chi connectivity index (χ1n) is 5.11. The Morgan fingerprint density at radius 3 is 2.78 bits per heavy atom. The number of carbonyl (C=O) groups excluding carboxylic acids is 1. The predicted octanol–water partition coefficient (Wildman–Crippen LogP) is 2.83. The average molecular weight is 266 g/mol. The number of benzene rings is 1. The molecule has 0 saturated carbocycles. The number of nitrogens with zero attached hydrogens (tertiary/aromatic N) is 2. The monoisotopic (exact) mass is 265 g/mol. The van der Waals surface area contributed by atoms with Crippen molar-refractivity contribution in [1.82, 2.24) is 9.97 Å². The van der Waals surface area contributed by atoms with E-state index in [-0.39, 0.29) is 16.5 Å². The van der Waals surface area contributed by atoms with E-state index in [0.29, 0.717) is 0 Å². The van der Waals surface area contributed by atoms with Crippen molar-refractivity contribution >= 4 is 23.3 Å². The Hall–Kier alpha value is -2.01. The number of halogens is 2. The molecule has 0 radical (unpaired) electrons. The van der Waals surface area contributed by atoms with Gasteiger partial charge in [0.05, 0.1) is 18.0 Å². The van der Waals surface area contributed by atoms with E-state index in [0.717, 1.165) is 5.56 Å². The Bertz CT molecular complexity index is 586. The van der Waals surface area contributed by atoms with Crippen LogP contribution in [-0.4, -0.2) is 15.9 Å². The fraction of sp³-hybridized carbons (Fsp3) is 0.0833. The number of aryl methyl sites for hydroxylation is 1. The van der Waals surface area contributed by atoms with Crippen LogP contribution in [0, 0.1) is 12.7 Å². The normalized spacial score (nSPS) is 10.2. The summed E-state index contributed by atoms with van der Waals surface area (Å²) in [5, 5.41) is 2.66. The van der Waals surface area contributed by atoms with Gasteiger partial charge in [-0.2, -0.15) is 0 Å². The maximum absolute atomic E-state index is 13.5. The smallest absolute Gasteiger partial charge is 0.259 e. The molecule has 1 heterocycles. The van der Waals surface area contributed by atoms with E-state index in [9.17, 15) is 9.18 Å². The molecule has 0 spiro atoms. The molecule has 92 valence electrons. The SMILES string of the molecule is Cc1ccc(F)c(C(=O)Nc2cnc(Cl)cn2)c1. The molecule has 18 heavy (non-hydrogen) atoms. The highest BCUT2D eigenvalue weighted by Crippen LogP contribution is 2.12. The van der Waals surface area contributed by atoms with Gasteiger partial charge < -0.3 is 5.32 Å². The number of aromatic nitrogens is 2. The summed E-state index contributed by atoms with van der Waals surface area (Å²) in [6.07, 6.45) is 2.59. The standard InChI is InChI=1S/C12H9ClFN3O/c1-7-2-3-9(14)8(4-7)12(18)17-11-6-15-10(13)5-16-11/h2-6H,1H3,(H,16,17,18). The lowest BCUT2D eigenvalue weighted by molar-refractivity contribution is 0.102. The lowest BCUT2D eigenvalue weighted by atomic mass is 10.1. The van der Waals surface area contributed by atoms with Crippen molar-refractivity contribution in [3.05, 3.63) is 52.7 Å². The van der Waals surface area contributed by atoms with Gasteiger partial charge in [-0.3, -0.25) is 4.79 Å². The molecule has 4 nitrogen and oxygen atoms in total. The molecule has 1 aromatic carbocycles. The predicted molar refractivity (Wildman–Crippen MR) is 66.1 cm³/mol. The fourth-order valence-electron chi connectivity index (χ4n) is 1.37. The molecule has 2 rings (SSSR count). The summed E-state index contributed by atoms with van der Waals surface area (Å²) in [5.41, 5.74) is 0.760. The van der Waals surface area contributed by atoms with Gasteiger partial charge in [-0.1, -0.05) is 23.2 Å². The number of anilines is 1. The molecule has 0 bridgehead atoms. The Morgan fingerprint density at radius 1 is 1.33 bits per heavy atom. The first-order chi connectivity index (χ1) is 8.56. The number of hydrogen-bond donors (Lipinski definition) is 1. The van der Waals surface area contributed by atoms with Crippen LogP contribution in [0.2, 0.25) is 5.15 Å². The topological polar surface area (TPSA) is 54.9 Å². The molecule has 0 atom stereocenters. The van der Waals surface area contributed by atoms with Crippen molar-refractivity contribution in [3.63, 3.8) is 0 Å². The van der Waals surface area contributed by atoms with Crippen molar-refractivity contribution in [3.8, 4) is 0 Å². The molecule has 0 unspecified atom stereocenters. The summed E-state index contributed by atoms with van der Waals surface area (Å²) < 4.78 is 13.5. The van der Waals surface area contributed by atoms with Gasteiger partial charge in [-0.25, -0.2) is 14.4 Å². The van der Waals surface area contributed by atoms with Crippen LogP contribution < -0.4 is 5.32 Å². The number of nitrogens with one attached hydrogen (secondary N) is 1. The number of rotatable bonds is 2. The zero-order chi connectivity index (χ0) is 13.1. The molecule has 1 aromatic heterocycles. The van der Waals surface area contributed by atoms with E-state index in [2.05, 4.69) is 15.3 Å². The summed E-state index contributed by atoms with van der Waals surface area (Å²) in [5.74, 6) is -0.946. The molecular weight excluding hydrogens is 257 g/mol. The van der Waals surface area contributed by atoms with E-state index in [4.69, 9.17) is 11.6 Å². The van der Waals surface area contributed by atoms with E-state index in [1.165, 1.54) is 24.5 Å². The van der Waals surface area contributed by atoms with Gasteiger partial charge in [0.2, 0.25) is 0 Å². The molecule has 1 N–H and O–H groups in total. The van der Waals surface area contributed by atoms with Crippen LogP contribution >= 0.6 is 11.6 Å². The van der Waals surface area contributed by atoms with Gasteiger partial charge >= 0.3 is 0 Å². The summed E-state index contributed by atoms with van der Waals surface area (Å²) >= 11 is 5.56. The molecule has 1 amide bonds. The average Bonchev–Trinajstić information content (AvgIpc) is 2.35. The molecular formula is C12H9ClFN3O. The Labute approximate surface area is 108 Å². The second-order valence-corrected chi connectivity index (χ2v) is 4.05. The van der Waals surface area contributed by atoms with E-state index < -0.39 is 11.7 Å². The van der Waals surface area contributed by atoms with Gasteiger partial charge in [-0.15, -0.1) is 0 Å². The maximum Gasteiger partial charge on any atom is 0.259 e. The Balaban J connectivity index is 2.21. The van der Waals surface area contributed by atoms with Crippen LogP contribution in [0.25, 0.3) is 0 Å². The third-order valence-corrected chi connectivity index (χ3v) is 2.42. The zero-order valence-corrected chi connectivity index (χ0v) is 10.2. The van der Waals surface area contributed by atoms with Crippen molar-refractivity contribution < 1.29 is 9.18 Å². The van der Waals surface area contributed by atoms with Crippen LogP contribution in [0.3, 0.4) is 0 Å². The van der Waals surface area contributed by atoms with Gasteiger partial charge in [0.25, 0.3) is 5.91 Å². The lowest BCUT2D eigenvalue weighted by Gasteiger charge is -2.05. The highest BCUT2D eigenvalue weighted by atomic mass is 35.5. The quantitative estimate of drug-likeness (QED) is 0.908. The molecule has 0 aliphatic heterocycles. The van der Waals surface area contributed by atoms with Crippen molar-refractivity contribution in [2.24, 2.45) is 0 Å². The lowest BCUT2D eigenvalue weighted by Crippen LogP contribution is -2.15. The van der Waals surface area contributed by atoms with Crippen molar-refractivity contribution in [2.75, 3.05) is 5.32 Å². The van der Waals surface area contributed by atoms with Crippen LogP contribution in [0.4, 0.5) is 10.2 Å². The third kappa shape index (κ3) is 2.81. The minimum absolute atomic E-state index is 0.0354. The van der Waals surface area contributed by atoms with E-state index in [1.807, 2.05) is 0 Å². The summed E-state index contributed by atoms with van der Waals surface area (Å²) in [6, 6.07) is 4.31. The van der Waals surface area contributed by atoms with E-state index >= 15 is 0 Å². The van der Waals surface area contributed by atoms with Crippen LogP contribution in [0.15, 0.2) is 30.6 Å². The number of carbonyl (C=O) groups is 1. The first-order valence-corrected chi connectivity index (χ1v) is 5.49. The van der Waals surface area contributed by atoms with Gasteiger partial charge in [-0.05, 0) is 19.1 Å². The first kappa shape index (κ1) is 12.4. The van der Waals surface area contributed by atoms with E-state index in [1.54, 1.807) is 13.0 Å². The van der Waals surface area contributed by atoms with Gasteiger partial charge in [0.1, 0.15) is 11.0 Å². The summed E-state index contributed by atoms with van der Waals surface area (Å²) in [6.45, 7) is 1.78. The molecule has 0 aliphatic carbocycles. The molecule has 6 heteroatoms. The fourth-order valence-corrected chi connectivity index (χ4v) is 1.47. The second kappa shape index (κ2) is 5.10. The third-order valence-electron chi connectivity index (χ3n) is 2.23. The minimum atomic E-state index is -0.583. The maximum atomic E-state index is 13.5. The Morgan fingerprint density at radius 2 is 2.11 bits per heavy atom. The molecule has 0 fully saturated rings.